The summed E-state index contributed by atoms with van der Waals surface area (Å²) in [5.74, 6) is 0.127. The largest absolute Gasteiger partial charge is 0.437 e. The zero-order valence-corrected chi connectivity index (χ0v) is 10.8. The van der Waals surface area contributed by atoms with E-state index in [0.29, 0.717) is 22.7 Å². The van der Waals surface area contributed by atoms with Crippen molar-refractivity contribution >= 4 is 23.2 Å². The van der Waals surface area contributed by atoms with Gasteiger partial charge in [-0.15, -0.1) is 0 Å². The van der Waals surface area contributed by atoms with Crippen LogP contribution in [0.15, 0.2) is 24.3 Å². The summed E-state index contributed by atoms with van der Waals surface area (Å²) in [5, 5.41) is 0.0513. The normalized spacial score (nSPS) is 10.2. The molecule has 19 heavy (non-hydrogen) atoms. The fourth-order valence-electron chi connectivity index (χ4n) is 1.40. The molecule has 0 atom stereocenters. The molecule has 0 bridgehead atoms. The zero-order valence-electron chi connectivity index (χ0n) is 10.1. The van der Waals surface area contributed by atoms with Gasteiger partial charge in [-0.2, -0.15) is 4.98 Å². The summed E-state index contributed by atoms with van der Waals surface area (Å²) in [5.41, 5.74) is 12.2. The van der Waals surface area contributed by atoms with Crippen molar-refractivity contribution in [3.8, 4) is 11.6 Å². The molecule has 2 rings (SSSR count). The first-order chi connectivity index (χ1) is 8.97. The van der Waals surface area contributed by atoms with Crippen molar-refractivity contribution in [1.82, 2.24) is 9.97 Å². The van der Waals surface area contributed by atoms with Crippen molar-refractivity contribution in [2.45, 2.75) is 6.92 Å². The van der Waals surface area contributed by atoms with Crippen LogP contribution in [0, 0.1) is 6.92 Å². The highest BCUT2D eigenvalue weighted by Crippen LogP contribution is 2.28. The Balaban J connectivity index is 2.28. The van der Waals surface area contributed by atoms with Crippen molar-refractivity contribution in [1.29, 1.82) is 0 Å². The first-order valence-corrected chi connectivity index (χ1v) is 5.72. The number of rotatable bonds is 3. The van der Waals surface area contributed by atoms with E-state index in [0.717, 1.165) is 0 Å². The first kappa shape index (κ1) is 13.1. The summed E-state index contributed by atoms with van der Waals surface area (Å²) in [6, 6.07) is 6.27. The average molecular weight is 279 g/mol. The number of halogens is 1. The molecular weight excluding hydrogens is 268 g/mol. The van der Waals surface area contributed by atoms with Gasteiger partial charge in [0, 0.05) is 5.56 Å². The standard InChI is InChI=1S/C12H11ClN4O2/c1-6-9(14)11(17-12(13)16-6)19-8-4-2-7(3-5-8)10(15)18/h2-5H,14H2,1H3,(H2,15,18). The van der Waals surface area contributed by atoms with Gasteiger partial charge in [0.05, 0.1) is 5.69 Å². The van der Waals surface area contributed by atoms with Crippen molar-refractivity contribution in [2.24, 2.45) is 5.73 Å². The quantitative estimate of drug-likeness (QED) is 0.835. The SMILES string of the molecule is Cc1nc(Cl)nc(Oc2ccc(C(N)=O)cc2)c1N. The monoisotopic (exact) mass is 278 g/mol. The fraction of sp³-hybridized carbons (Fsp3) is 0.0833. The van der Waals surface area contributed by atoms with Crippen LogP contribution in [0.4, 0.5) is 5.69 Å². The van der Waals surface area contributed by atoms with E-state index in [2.05, 4.69) is 9.97 Å². The Hall–Kier alpha value is -2.34. The minimum absolute atomic E-state index is 0.0513. The molecule has 0 fully saturated rings. The number of anilines is 1. The third-order valence-electron chi connectivity index (χ3n) is 2.43. The Morgan fingerprint density at radius 1 is 1.26 bits per heavy atom. The fourth-order valence-corrected chi connectivity index (χ4v) is 1.60. The van der Waals surface area contributed by atoms with Crippen LogP contribution in [0.5, 0.6) is 11.6 Å². The molecule has 0 unspecified atom stereocenters. The number of aromatic nitrogens is 2. The van der Waals surface area contributed by atoms with Crippen LogP contribution in [0.1, 0.15) is 16.1 Å². The first-order valence-electron chi connectivity index (χ1n) is 5.34. The second-order valence-electron chi connectivity index (χ2n) is 3.79. The van der Waals surface area contributed by atoms with Crippen LogP contribution in [-0.4, -0.2) is 15.9 Å². The van der Waals surface area contributed by atoms with Gasteiger partial charge in [-0.3, -0.25) is 4.79 Å². The van der Waals surface area contributed by atoms with E-state index in [4.69, 9.17) is 27.8 Å². The lowest BCUT2D eigenvalue weighted by atomic mass is 10.2. The number of aryl methyl sites for hydroxylation is 1. The van der Waals surface area contributed by atoms with Gasteiger partial charge in [-0.1, -0.05) is 0 Å². The smallest absolute Gasteiger partial charge is 0.248 e. The number of nitrogens with two attached hydrogens (primary N) is 2. The molecule has 1 aromatic heterocycles. The van der Waals surface area contributed by atoms with Gasteiger partial charge >= 0.3 is 0 Å². The molecule has 0 radical (unpaired) electrons. The maximum Gasteiger partial charge on any atom is 0.248 e. The van der Waals surface area contributed by atoms with Crippen molar-refractivity contribution in [3.63, 3.8) is 0 Å². The van der Waals surface area contributed by atoms with Gasteiger partial charge in [-0.05, 0) is 42.8 Å². The van der Waals surface area contributed by atoms with E-state index in [1.165, 1.54) is 0 Å². The lowest BCUT2D eigenvalue weighted by Gasteiger charge is -2.09. The molecule has 6 nitrogen and oxygen atoms in total. The van der Waals surface area contributed by atoms with E-state index >= 15 is 0 Å². The molecule has 1 aromatic carbocycles. The Morgan fingerprint density at radius 3 is 2.47 bits per heavy atom. The summed E-state index contributed by atoms with van der Waals surface area (Å²) >= 11 is 5.74. The molecule has 7 heteroatoms. The summed E-state index contributed by atoms with van der Waals surface area (Å²) in [7, 11) is 0. The molecule has 0 saturated heterocycles. The van der Waals surface area contributed by atoms with Crippen LogP contribution >= 0.6 is 11.6 Å². The molecule has 0 saturated carbocycles. The maximum absolute atomic E-state index is 10.9. The molecule has 98 valence electrons. The van der Waals surface area contributed by atoms with Crippen molar-refractivity contribution in [2.75, 3.05) is 5.73 Å². The molecule has 0 spiro atoms. The minimum atomic E-state index is -0.507. The summed E-state index contributed by atoms with van der Waals surface area (Å²) in [6.07, 6.45) is 0. The molecule has 0 aliphatic carbocycles. The van der Waals surface area contributed by atoms with Crippen LogP contribution in [-0.2, 0) is 0 Å². The topological polar surface area (TPSA) is 104 Å². The van der Waals surface area contributed by atoms with Gasteiger partial charge < -0.3 is 16.2 Å². The lowest BCUT2D eigenvalue weighted by molar-refractivity contribution is 0.100. The summed E-state index contributed by atoms with van der Waals surface area (Å²) in [4.78, 5) is 18.7. The van der Waals surface area contributed by atoms with Crippen molar-refractivity contribution < 1.29 is 9.53 Å². The Kier molecular flexibility index (Phi) is 3.52. The predicted molar refractivity (Wildman–Crippen MR) is 71.2 cm³/mol. The van der Waals surface area contributed by atoms with Gasteiger partial charge in [-0.25, -0.2) is 4.98 Å². The van der Waals surface area contributed by atoms with E-state index in [1.54, 1.807) is 31.2 Å². The summed E-state index contributed by atoms with van der Waals surface area (Å²) in [6.45, 7) is 1.70. The number of nitrogens with zero attached hydrogens (tertiary/aromatic N) is 2. The number of ether oxygens (including phenoxy) is 1. The number of nitrogen functional groups attached to an aromatic ring is 1. The third-order valence-corrected chi connectivity index (χ3v) is 2.60. The number of carbonyl (C=O) groups excluding carboxylic acids is 1. The number of primary amides is 1. The van der Waals surface area contributed by atoms with Gasteiger partial charge in [0.1, 0.15) is 11.4 Å². The molecule has 0 aliphatic heterocycles. The zero-order chi connectivity index (χ0) is 14.0. The molecule has 4 N–H and O–H groups in total. The van der Waals surface area contributed by atoms with Gasteiger partial charge in [0.15, 0.2) is 0 Å². The second kappa shape index (κ2) is 5.11. The predicted octanol–water partition coefficient (Wildman–Crippen LogP) is 1.91. The van der Waals surface area contributed by atoms with E-state index in [1.807, 2.05) is 0 Å². The summed E-state index contributed by atoms with van der Waals surface area (Å²) < 4.78 is 5.49. The second-order valence-corrected chi connectivity index (χ2v) is 4.13. The highest BCUT2D eigenvalue weighted by atomic mass is 35.5. The molecule has 0 aliphatic rings. The van der Waals surface area contributed by atoms with E-state index in [9.17, 15) is 4.79 Å². The van der Waals surface area contributed by atoms with Gasteiger partial charge in [0.25, 0.3) is 0 Å². The number of hydrogen-bond acceptors (Lipinski definition) is 5. The van der Waals surface area contributed by atoms with Crippen LogP contribution in [0.25, 0.3) is 0 Å². The number of hydrogen-bond donors (Lipinski definition) is 2. The number of carbonyl (C=O) groups is 1. The Bertz CT molecular complexity index is 628. The number of amides is 1. The third kappa shape index (κ3) is 2.92. The van der Waals surface area contributed by atoms with Crippen LogP contribution in [0.2, 0.25) is 5.28 Å². The molecule has 1 heterocycles. The average Bonchev–Trinajstić information content (AvgIpc) is 2.36. The molecule has 2 aromatic rings. The Labute approximate surface area is 114 Å². The Morgan fingerprint density at radius 2 is 1.89 bits per heavy atom. The van der Waals surface area contributed by atoms with Crippen LogP contribution < -0.4 is 16.2 Å². The molecule has 1 amide bonds. The minimum Gasteiger partial charge on any atom is -0.437 e. The number of benzene rings is 1. The highest BCUT2D eigenvalue weighted by molar-refractivity contribution is 6.28. The van der Waals surface area contributed by atoms with Crippen molar-refractivity contribution in [3.05, 3.63) is 40.8 Å². The van der Waals surface area contributed by atoms with E-state index < -0.39 is 5.91 Å². The maximum atomic E-state index is 10.9. The molecular formula is C12H11ClN4O2. The van der Waals surface area contributed by atoms with E-state index in [-0.39, 0.29) is 11.2 Å². The lowest BCUT2D eigenvalue weighted by Crippen LogP contribution is -2.10. The van der Waals surface area contributed by atoms with Gasteiger partial charge in [0.2, 0.25) is 17.1 Å². The van der Waals surface area contributed by atoms with Crippen LogP contribution in [0.3, 0.4) is 0 Å². The highest BCUT2D eigenvalue weighted by Gasteiger charge is 2.10.